The Balaban J connectivity index is 1.10. The average Bonchev–Trinajstić information content (AvgIpc) is 3.62. The van der Waals surface area contributed by atoms with Crippen molar-refractivity contribution < 1.29 is 84.6 Å². The SMILES string of the molecule is CC(C)=CCC[C@](C)(O[C@@H]1O[C@H](CO[C@@H]2OC[C@@H](O)[C@H](O)[C@H]2O)[C@@H](O)[C@H](O)[C@H]1O)[C@H]1CC[C@]2(C)[C@@H]1CC[C@@H]1[C@@]3(CO)CC[C@H](O[C@@H]4O[C@H](CO)[C@@H](O)[C@H](O)[C@H]4O)C(C)(C)[C@@H]3CC[C@]12C. The Labute approximate surface area is 377 Å². The number of allylic oxidation sites excluding steroid dienone is 2. The zero-order valence-electron chi connectivity index (χ0n) is 38.8. The van der Waals surface area contributed by atoms with Gasteiger partial charge in [0, 0.05) is 12.0 Å². The van der Waals surface area contributed by atoms with Crippen molar-refractivity contribution in [2.24, 2.45) is 45.3 Å². The summed E-state index contributed by atoms with van der Waals surface area (Å²) in [6.07, 6.45) is -10.2. The molecule has 7 aliphatic rings. The molecule has 64 heavy (non-hydrogen) atoms. The van der Waals surface area contributed by atoms with Gasteiger partial charge in [0.05, 0.1) is 31.5 Å². The predicted octanol–water partition coefficient (Wildman–Crippen LogP) is 0.614. The topological polar surface area (TPSA) is 278 Å². The number of ether oxygens (including phenoxy) is 6. The van der Waals surface area contributed by atoms with Crippen LogP contribution in [0.2, 0.25) is 0 Å². The van der Waals surface area contributed by atoms with Crippen LogP contribution in [0.25, 0.3) is 0 Å². The van der Waals surface area contributed by atoms with Crippen LogP contribution in [0.4, 0.5) is 0 Å². The van der Waals surface area contributed by atoms with E-state index in [1.165, 1.54) is 0 Å². The van der Waals surface area contributed by atoms with Crippen LogP contribution in [0, 0.1) is 45.3 Å². The molecule has 0 aromatic carbocycles. The van der Waals surface area contributed by atoms with Gasteiger partial charge in [0.25, 0.3) is 0 Å². The molecule has 17 nitrogen and oxygen atoms in total. The number of aliphatic hydroxyl groups is 11. The van der Waals surface area contributed by atoms with E-state index in [1.54, 1.807) is 0 Å². The van der Waals surface area contributed by atoms with Crippen molar-refractivity contribution in [1.82, 2.24) is 0 Å². The Bertz CT molecular complexity index is 1610. The molecular weight excluding hydrogens is 836 g/mol. The van der Waals surface area contributed by atoms with E-state index in [0.717, 1.165) is 44.1 Å². The molecular formula is C47H80O17. The molecule has 0 unspecified atom stereocenters. The summed E-state index contributed by atoms with van der Waals surface area (Å²) in [4.78, 5) is 0. The van der Waals surface area contributed by atoms with Crippen molar-refractivity contribution in [2.45, 2.75) is 210 Å². The van der Waals surface area contributed by atoms with Gasteiger partial charge in [-0.2, -0.15) is 0 Å². The summed E-state index contributed by atoms with van der Waals surface area (Å²) < 4.78 is 36.5. The number of rotatable bonds is 13. The van der Waals surface area contributed by atoms with Gasteiger partial charge in [-0.05, 0) is 125 Å². The summed E-state index contributed by atoms with van der Waals surface area (Å²) in [5.41, 5.74) is -0.893. The van der Waals surface area contributed by atoms with Crippen LogP contribution in [0.15, 0.2) is 11.6 Å². The summed E-state index contributed by atoms with van der Waals surface area (Å²) in [5.74, 6) is 0.482. The fourth-order valence-corrected chi connectivity index (χ4v) is 14.5. The minimum atomic E-state index is -1.64. The molecule has 0 radical (unpaired) electrons. The van der Waals surface area contributed by atoms with E-state index < -0.39 is 109 Å². The first-order valence-electron chi connectivity index (χ1n) is 23.9. The number of fused-ring (bicyclic) bond motifs is 5. The molecule has 0 spiro atoms. The molecule has 7 rings (SSSR count). The Morgan fingerprint density at radius 2 is 1.30 bits per heavy atom. The number of aliphatic hydroxyl groups excluding tert-OH is 11. The van der Waals surface area contributed by atoms with Gasteiger partial charge >= 0.3 is 0 Å². The van der Waals surface area contributed by atoms with Crippen molar-refractivity contribution in [3.8, 4) is 0 Å². The van der Waals surface area contributed by atoms with Crippen LogP contribution < -0.4 is 0 Å². The number of hydrogen-bond donors (Lipinski definition) is 11. The van der Waals surface area contributed by atoms with Gasteiger partial charge in [0.2, 0.25) is 0 Å². The zero-order valence-corrected chi connectivity index (χ0v) is 38.8. The second kappa shape index (κ2) is 19.1. The predicted molar refractivity (Wildman–Crippen MR) is 228 cm³/mol. The van der Waals surface area contributed by atoms with Gasteiger partial charge in [-0.15, -0.1) is 0 Å². The zero-order chi connectivity index (χ0) is 46.9. The maximum absolute atomic E-state index is 11.7. The lowest BCUT2D eigenvalue weighted by molar-refractivity contribution is -0.345. The fraction of sp³-hybridized carbons (Fsp3) is 0.957. The van der Waals surface area contributed by atoms with Gasteiger partial charge in [-0.1, -0.05) is 39.3 Å². The van der Waals surface area contributed by atoms with E-state index in [0.29, 0.717) is 25.7 Å². The lowest BCUT2D eigenvalue weighted by Crippen LogP contribution is -2.67. The summed E-state index contributed by atoms with van der Waals surface area (Å²) >= 11 is 0. The monoisotopic (exact) mass is 917 g/mol. The molecule has 4 aliphatic carbocycles. The molecule has 0 aromatic heterocycles. The fourth-order valence-electron chi connectivity index (χ4n) is 14.5. The minimum Gasteiger partial charge on any atom is -0.396 e. The van der Waals surface area contributed by atoms with Crippen LogP contribution in [-0.4, -0.2) is 180 Å². The van der Waals surface area contributed by atoms with Crippen molar-refractivity contribution in [3.05, 3.63) is 11.6 Å². The normalized spacial score (nSPS) is 51.3. The van der Waals surface area contributed by atoms with E-state index in [1.807, 2.05) is 13.8 Å². The van der Waals surface area contributed by atoms with E-state index in [9.17, 15) is 56.2 Å². The van der Waals surface area contributed by atoms with Gasteiger partial charge in [0.15, 0.2) is 18.9 Å². The van der Waals surface area contributed by atoms with E-state index >= 15 is 0 Å². The van der Waals surface area contributed by atoms with Crippen molar-refractivity contribution in [3.63, 3.8) is 0 Å². The maximum Gasteiger partial charge on any atom is 0.187 e. The second-order valence-corrected chi connectivity index (χ2v) is 22.2. The third kappa shape index (κ3) is 8.60. The third-order valence-electron chi connectivity index (χ3n) is 18.4. The van der Waals surface area contributed by atoms with Crippen LogP contribution >= 0.6 is 0 Å². The molecule has 3 saturated heterocycles. The lowest BCUT2D eigenvalue weighted by atomic mass is 9.35. The standard InChI is InChI=1S/C47H80O17/c1-23(2)9-8-15-46(7,64-42-39(58)36(55)34(53)28(62-42)21-60-40-37(56)32(51)26(50)20-59-40)25-12-16-44(5)24(25)10-11-30-45(44,6)17-13-29-43(3,4)31(14-18-47(29,30)22-49)63-41-38(57)35(54)33(52)27(19-48)61-41/h9,24-42,48-58H,8,10-22H2,1-7H3/t24-,25+,26-,27-,28-,29+,30+,31+,32+,33-,34-,35+,36+,37-,38-,39-,40+,41+,42+,44-,45-,46+,47-/m1/s1. The van der Waals surface area contributed by atoms with E-state index in [-0.39, 0.29) is 60.4 Å². The molecule has 17 heteroatoms. The minimum absolute atomic E-state index is 0.0200. The quantitative estimate of drug-likeness (QED) is 0.0893. The summed E-state index contributed by atoms with van der Waals surface area (Å²) in [6, 6.07) is 0. The molecule has 3 aliphatic heterocycles. The van der Waals surface area contributed by atoms with Crippen molar-refractivity contribution >= 4 is 0 Å². The van der Waals surface area contributed by atoms with Crippen LogP contribution in [0.1, 0.15) is 113 Å². The first-order valence-corrected chi connectivity index (χ1v) is 23.9. The molecule has 7 fully saturated rings. The van der Waals surface area contributed by atoms with Gasteiger partial charge in [-0.25, -0.2) is 0 Å². The van der Waals surface area contributed by atoms with Gasteiger partial charge in [0.1, 0.15) is 67.1 Å². The Morgan fingerprint density at radius 1 is 0.672 bits per heavy atom. The van der Waals surface area contributed by atoms with E-state index in [4.69, 9.17) is 28.4 Å². The first-order chi connectivity index (χ1) is 30.0. The lowest BCUT2D eigenvalue weighted by Gasteiger charge is -2.70. The first kappa shape index (κ1) is 50.9. The summed E-state index contributed by atoms with van der Waals surface area (Å²) in [7, 11) is 0. The summed E-state index contributed by atoms with van der Waals surface area (Å²) in [5, 5.41) is 117. The highest BCUT2D eigenvalue weighted by Gasteiger charge is 2.71. The molecule has 4 saturated carbocycles. The molecule has 0 aromatic rings. The molecule has 0 amide bonds. The second-order valence-electron chi connectivity index (χ2n) is 22.2. The molecule has 0 bridgehead atoms. The van der Waals surface area contributed by atoms with Crippen LogP contribution in [-0.2, 0) is 28.4 Å². The molecule has 3 heterocycles. The third-order valence-corrected chi connectivity index (χ3v) is 18.4. The van der Waals surface area contributed by atoms with E-state index in [2.05, 4.69) is 40.7 Å². The average molecular weight is 917 g/mol. The largest absolute Gasteiger partial charge is 0.396 e. The Hall–Kier alpha value is -0.940. The highest BCUT2D eigenvalue weighted by Crippen LogP contribution is 2.76. The highest BCUT2D eigenvalue weighted by molar-refractivity contribution is 5.19. The van der Waals surface area contributed by atoms with Gasteiger partial charge in [-0.3, -0.25) is 0 Å². The maximum atomic E-state index is 11.7. The Kier molecular flexibility index (Phi) is 15.2. The summed E-state index contributed by atoms with van der Waals surface area (Å²) in [6.45, 7) is 14.1. The molecule has 23 atom stereocenters. The molecule has 11 N–H and O–H groups in total. The van der Waals surface area contributed by atoms with Crippen LogP contribution in [0.3, 0.4) is 0 Å². The van der Waals surface area contributed by atoms with Crippen molar-refractivity contribution in [2.75, 3.05) is 26.4 Å². The van der Waals surface area contributed by atoms with Crippen LogP contribution in [0.5, 0.6) is 0 Å². The van der Waals surface area contributed by atoms with Crippen molar-refractivity contribution in [1.29, 1.82) is 0 Å². The highest BCUT2D eigenvalue weighted by atomic mass is 16.7. The Morgan fingerprint density at radius 3 is 1.95 bits per heavy atom. The number of hydrogen-bond acceptors (Lipinski definition) is 17. The van der Waals surface area contributed by atoms with Gasteiger partial charge < -0.3 is 84.6 Å². The smallest absolute Gasteiger partial charge is 0.187 e. The molecule has 370 valence electrons.